The highest BCUT2D eigenvalue weighted by molar-refractivity contribution is 5.94. The number of rotatable bonds is 6. The molecule has 0 aromatic heterocycles. The fourth-order valence-electron chi connectivity index (χ4n) is 1.68. The summed E-state index contributed by atoms with van der Waals surface area (Å²) in [5.41, 5.74) is 6.50. The van der Waals surface area contributed by atoms with Crippen LogP contribution in [0.4, 0.5) is 5.69 Å². The van der Waals surface area contributed by atoms with Gasteiger partial charge in [0.1, 0.15) is 12.3 Å². The van der Waals surface area contributed by atoms with Crippen molar-refractivity contribution >= 4 is 17.6 Å². The van der Waals surface area contributed by atoms with Crippen LogP contribution in [0.1, 0.15) is 12.8 Å². The van der Waals surface area contributed by atoms with E-state index in [0.29, 0.717) is 5.92 Å². The van der Waals surface area contributed by atoms with Gasteiger partial charge in [0.15, 0.2) is 5.96 Å². The molecular formula is C14H20N4O2. The maximum atomic E-state index is 11.5. The second-order valence-corrected chi connectivity index (χ2v) is 4.81. The minimum absolute atomic E-state index is 0.0372. The number of nitrogens with zero attached hydrogens (tertiary/aromatic N) is 1. The molecule has 108 valence electrons. The van der Waals surface area contributed by atoms with E-state index >= 15 is 0 Å². The third-order valence-electron chi connectivity index (χ3n) is 3.02. The summed E-state index contributed by atoms with van der Waals surface area (Å²) >= 11 is 0. The smallest absolute Gasteiger partial charge is 0.241 e. The van der Waals surface area contributed by atoms with Gasteiger partial charge in [0.05, 0.1) is 7.11 Å². The summed E-state index contributed by atoms with van der Waals surface area (Å²) in [6.45, 7) is 0.785. The number of methoxy groups -OCH3 is 1. The van der Waals surface area contributed by atoms with Crippen LogP contribution in [0.15, 0.2) is 29.3 Å². The van der Waals surface area contributed by atoms with E-state index in [0.717, 1.165) is 18.0 Å². The zero-order valence-electron chi connectivity index (χ0n) is 11.6. The van der Waals surface area contributed by atoms with Gasteiger partial charge in [-0.1, -0.05) is 6.07 Å². The Balaban J connectivity index is 1.78. The Morgan fingerprint density at radius 3 is 3.00 bits per heavy atom. The summed E-state index contributed by atoms with van der Waals surface area (Å²) < 4.78 is 5.11. The third-order valence-corrected chi connectivity index (χ3v) is 3.02. The normalized spacial score (nSPS) is 14.8. The van der Waals surface area contributed by atoms with Crippen molar-refractivity contribution in [3.8, 4) is 5.75 Å². The van der Waals surface area contributed by atoms with E-state index in [1.807, 2.05) is 18.2 Å². The van der Waals surface area contributed by atoms with Crippen molar-refractivity contribution in [1.29, 1.82) is 0 Å². The maximum Gasteiger partial charge on any atom is 0.241 e. The molecule has 1 fully saturated rings. The van der Waals surface area contributed by atoms with Crippen LogP contribution < -0.4 is 21.1 Å². The molecule has 6 nitrogen and oxygen atoms in total. The number of amides is 1. The Morgan fingerprint density at radius 2 is 2.30 bits per heavy atom. The molecule has 1 aliphatic rings. The number of carbonyl (C=O) groups is 1. The minimum atomic E-state index is -0.104. The lowest BCUT2D eigenvalue weighted by Gasteiger charge is -2.07. The first-order valence-electron chi connectivity index (χ1n) is 6.65. The monoisotopic (exact) mass is 276 g/mol. The van der Waals surface area contributed by atoms with E-state index in [1.165, 1.54) is 12.8 Å². The average Bonchev–Trinajstić information content (AvgIpc) is 3.27. The molecule has 1 aromatic rings. The second-order valence-electron chi connectivity index (χ2n) is 4.81. The number of guanidine groups is 1. The number of aliphatic imine (C=N–C) groups is 1. The molecule has 1 saturated carbocycles. The zero-order chi connectivity index (χ0) is 14.4. The van der Waals surface area contributed by atoms with Crippen molar-refractivity contribution in [2.24, 2.45) is 16.6 Å². The lowest BCUT2D eigenvalue weighted by molar-refractivity contribution is -0.119. The summed E-state index contributed by atoms with van der Waals surface area (Å²) in [4.78, 5) is 15.5. The molecule has 20 heavy (non-hydrogen) atoms. The van der Waals surface area contributed by atoms with Crippen molar-refractivity contribution in [2.45, 2.75) is 12.8 Å². The Kier molecular flexibility index (Phi) is 4.81. The van der Waals surface area contributed by atoms with Crippen LogP contribution in [0.3, 0.4) is 0 Å². The number of anilines is 1. The summed E-state index contributed by atoms with van der Waals surface area (Å²) in [7, 11) is 1.60. The molecule has 0 unspecified atom stereocenters. The summed E-state index contributed by atoms with van der Waals surface area (Å²) in [6.07, 6.45) is 2.42. The largest absolute Gasteiger partial charge is 0.497 e. The SMILES string of the molecule is COc1cccc(NC(N)=NCC(=O)NCC2CC2)c1. The number of ether oxygens (including phenoxy) is 1. The van der Waals surface area contributed by atoms with Crippen LogP contribution in [0, 0.1) is 5.92 Å². The Labute approximate surface area is 118 Å². The number of hydrogen-bond donors (Lipinski definition) is 3. The number of nitrogens with one attached hydrogen (secondary N) is 2. The van der Waals surface area contributed by atoms with Gasteiger partial charge in [-0.05, 0) is 30.9 Å². The van der Waals surface area contributed by atoms with Crippen molar-refractivity contribution in [3.05, 3.63) is 24.3 Å². The Hall–Kier alpha value is -2.24. The second kappa shape index (κ2) is 6.79. The number of hydrogen-bond acceptors (Lipinski definition) is 3. The van der Waals surface area contributed by atoms with Crippen LogP contribution >= 0.6 is 0 Å². The van der Waals surface area contributed by atoms with Gasteiger partial charge in [-0.3, -0.25) is 4.79 Å². The summed E-state index contributed by atoms with van der Waals surface area (Å²) in [5, 5.41) is 5.75. The molecule has 6 heteroatoms. The van der Waals surface area contributed by atoms with Gasteiger partial charge in [0.25, 0.3) is 0 Å². The van der Waals surface area contributed by atoms with Gasteiger partial charge >= 0.3 is 0 Å². The van der Waals surface area contributed by atoms with E-state index in [9.17, 15) is 4.79 Å². The molecule has 0 spiro atoms. The first-order chi connectivity index (χ1) is 9.67. The molecule has 0 heterocycles. The zero-order valence-corrected chi connectivity index (χ0v) is 11.6. The van der Waals surface area contributed by atoms with E-state index in [1.54, 1.807) is 13.2 Å². The van der Waals surface area contributed by atoms with Crippen molar-refractivity contribution in [1.82, 2.24) is 5.32 Å². The lowest BCUT2D eigenvalue weighted by atomic mass is 10.3. The van der Waals surface area contributed by atoms with Crippen LogP contribution in [0.25, 0.3) is 0 Å². The first kappa shape index (κ1) is 14.2. The fraction of sp³-hybridized carbons (Fsp3) is 0.429. The Bertz CT molecular complexity index is 498. The van der Waals surface area contributed by atoms with E-state index in [2.05, 4.69) is 15.6 Å². The van der Waals surface area contributed by atoms with Crippen molar-refractivity contribution < 1.29 is 9.53 Å². The molecular weight excluding hydrogens is 256 g/mol. The first-order valence-corrected chi connectivity index (χ1v) is 6.65. The van der Waals surface area contributed by atoms with E-state index in [-0.39, 0.29) is 18.4 Å². The molecule has 0 bridgehead atoms. The highest BCUT2D eigenvalue weighted by atomic mass is 16.5. The van der Waals surface area contributed by atoms with Gasteiger partial charge in [-0.25, -0.2) is 4.99 Å². The van der Waals surface area contributed by atoms with Gasteiger partial charge in [0.2, 0.25) is 5.91 Å². The predicted molar refractivity (Wildman–Crippen MR) is 78.8 cm³/mol. The molecule has 1 amide bonds. The molecule has 0 atom stereocenters. The van der Waals surface area contributed by atoms with Crippen LogP contribution in [-0.4, -0.2) is 32.1 Å². The molecule has 4 N–H and O–H groups in total. The van der Waals surface area contributed by atoms with E-state index < -0.39 is 0 Å². The highest BCUT2D eigenvalue weighted by Crippen LogP contribution is 2.27. The predicted octanol–water partition coefficient (Wildman–Crippen LogP) is 0.948. The standard InChI is InChI=1S/C14H20N4O2/c1-20-12-4-2-3-11(7-12)18-14(15)17-9-13(19)16-8-10-5-6-10/h2-4,7,10H,5-6,8-9H2,1H3,(H,16,19)(H3,15,17,18). The van der Waals surface area contributed by atoms with Crippen molar-refractivity contribution in [3.63, 3.8) is 0 Å². The molecule has 1 aromatic carbocycles. The van der Waals surface area contributed by atoms with Gasteiger partial charge in [-0.2, -0.15) is 0 Å². The number of benzene rings is 1. The van der Waals surface area contributed by atoms with Crippen LogP contribution in [0.5, 0.6) is 5.75 Å². The third kappa shape index (κ3) is 4.79. The summed E-state index contributed by atoms with van der Waals surface area (Å²) in [6, 6.07) is 7.33. The minimum Gasteiger partial charge on any atom is -0.497 e. The van der Waals surface area contributed by atoms with Gasteiger partial charge in [-0.15, -0.1) is 0 Å². The topological polar surface area (TPSA) is 88.7 Å². The summed E-state index contributed by atoms with van der Waals surface area (Å²) in [5.74, 6) is 1.49. The fourth-order valence-corrected chi connectivity index (χ4v) is 1.68. The molecule has 0 radical (unpaired) electrons. The van der Waals surface area contributed by atoms with Gasteiger partial charge in [0, 0.05) is 18.3 Å². The molecule has 2 rings (SSSR count). The number of carbonyl (C=O) groups excluding carboxylic acids is 1. The highest BCUT2D eigenvalue weighted by Gasteiger charge is 2.21. The van der Waals surface area contributed by atoms with Crippen LogP contribution in [-0.2, 0) is 4.79 Å². The maximum absolute atomic E-state index is 11.5. The van der Waals surface area contributed by atoms with Crippen molar-refractivity contribution in [2.75, 3.05) is 25.5 Å². The quantitative estimate of drug-likeness (QED) is 0.533. The van der Waals surface area contributed by atoms with Crippen LogP contribution in [0.2, 0.25) is 0 Å². The number of nitrogens with two attached hydrogens (primary N) is 1. The lowest BCUT2D eigenvalue weighted by Crippen LogP contribution is -2.30. The van der Waals surface area contributed by atoms with E-state index in [4.69, 9.17) is 10.5 Å². The Morgan fingerprint density at radius 1 is 1.50 bits per heavy atom. The molecule has 1 aliphatic carbocycles. The van der Waals surface area contributed by atoms with Gasteiger partial charge < -0.3 is 21.1 Å². The average molecular weight is 276 g/mol. The molecule has 0 aliphatic heterocycles. The molecule has 0 saturated heterocycles.